The summed E-state index contributed by atoms with van der Waals surface area (Å²) in [7, 11) is 0. The predicted molar refractivity (Wildman–Crippen MR) is 259 cm³/mol. The van der Waals surface area contributed by atoms with Gasteiger partial charge in [0, 0.05) is 22.4 Å². The Labute approximate surface area is 365 Å². The highest BCUT2D eigenvalue weighted by Gasteiger charge is 2.47. The van der Waals surface area contributed by atoms with Gasteiger partial charge in [0.25, 0.3) is 0 Å². The molecule has 12 rings (SSSR count). The lowest BCUT2D eigenvalue weighted by Gasteiger charge is -2.36. The van der Waals surface area contributed by atoms with E-state index in [0.29, 0.717) is 0 Å². The van der Waals surface area contributed by atoms with Crippen LogP contribution >= 0.6 is 0 Å². The number of anilines is 3. The lowest BCUT2D eigenvalue weighted by Crippen LogP contribution is -2.28. The Balaban J connectivity index is 1.11. The number of benzene rings is 9. The average molecular weight is 794 g/mol. The Morgan fingerprint density at radius 1 is 0.323 bits per heavy atom. The van der Waals surface area contributed by atoms with E-state index in [0.717, 1.165) is 17.1 Å². The van der Waals surface area contributed by atoms with Crippen LogP contribution in [0.25, 0.3) is 44.5 Å². The van der Waals surface area contributed by atoms with Crippen LogP contribution < -0.4 is 4.90 Å². The van der Waals surface area contributed by atoms with Crippen LogP contribution in [0.3, 0.4) is 0 Å². The van der Waals surface area contributed by atoms with Gasteiger partial charge in [-0.1, -0.05) is 213 Å². The molecule has 1 heteroatoms. The van der Waals surface area contributed by atoms with Crippen LogP contribution in [0, 0.1) is 0 Å². The Morgan fingerprint density at radius 3 is 1.55 bits per heavy atom. The average Bonchev–Trinajstić information content (AvgIpc) is 3.80. The van der Waals surface area contributed by atoms with E-state index in [1.54, 1.807) is 0 Å². The number of hydrogen-bond donors (Lipinski definition) is 0. The molecule has 62 heavy (non-hydrogen) atoms. The molecule has 9 aromatic rings. The fourth-order valence-corrected chi connectivity index (χ4v) is 11.8. The van der Waals surface area contributed by atoms with Gasteiger partial charge in [-0.3, -0.25) is 0 Å². The molecule has 3 aliphatic rings. The minimum absolute atomic E-state index is 0.0787. The monoisotopic (exact) mass is 793 g/mol. The summed E-state index contributed by atoms with van der Waals surface area (Å²) < 4.78 is 0. The van der Waals surface area contributed by atoms with Crippen LogP contribution in [-0.2, 0) is 10.8 Å². The topological polar surface area (TPSA) is 3.24 Å². The molecule has 1 spiro atoms. The van der Waals surface area contributed by atoms with Gasteiger partial charge in [0.15, 0.2) is 0 Å². The Morgan fingerprint density at radius 2 is 0.839 bits per heavy atom. The maximum absolute atomic E-state index is 2.52. The van der Waals surface area contributed by atoms with Crippen molar-refractivity contribution in [2.75, 3.05) is 4.90 Å². The second kappa shape index (κ2) is 14.8. The highest BCUT2D eigenvalue weighted by molar-refractivity contribution is 5.99. The van der Waals surface area contributed by atoms with Gasteiger partial charge in [0.2, 0.25) is 0 Å². The minimum Gasteiger partial charge on any atom is -0.310 e. The van der Waals surface area contributed by atoms with Gasteiger partial charge in [-0.15, -0.1) is 0 Å². The van der Waals surface area contributed by atoms with Crippen LogP contribution in [0.4, 0.5) is 17.1 Å². The largest absolute Gasteiger partial charge is 0.310 e. The summed E-state index contributed by atoms with van der Waals surface area (Å²) in [6, 6.07) is 84.0. The first-order valence-corrected chi connectivity index (χ1v) is 22.4. The smallest absolute Gasteiger partial charge is 0.0714 e. The molecule has 0 heterocycles. The fraction of sp³-hybridized carbons (Fsp3) is 0.115. The van der Waals surface area contributed by atoms with Crippen LogP contribution in [0.15, 0.2) is 224 Å². The molecule has 0 aliphatic heterocycles. The first-order valence-electron chi connectivity index (χ1n) is 22.4. The number of nitrogens with zero attached hydrogens (tertiary/aromatic N) is 1. The standard InChI is InChI=1S/C61H47N/c1-5-20-43(21-6-1)44-34-36-47(37-35-44)62(58-33-16-13-27-51(58)52-29-19-32-56-59(52)53-28-12-14-30-54(53)60(56)40-17-4-18-41-60)48-38-39-50-49-26-11-15-31-55(49)61(57(50)42-48,45-22-7-2-8-23-45)46-24-9-3-10-25-46/h1-3,5-16,19-39,42H,4,17-18,40-41H2. The zero-order valence-corrected chi connectivity index (χ0v) is 34.8. The molecule has 0 radical (unpaired) electrons. The van der Waals surface area contributed by atoms with Crippen molar-refractivity contribution in [3.8, 4) is 44.5 Å². The van der Waals surface area contributed by atoms with Gasteiger partial charge in [-0.2, -0.15) is 0 Å². The second-order valence-corrected chi connectivity index (χ2v) is 17.4. The van der Waals surface area contributed by atoms with Crippen LogP contribution in [0.5, 0.6) is 0 Å². The summed E-state index contributed by atoms with van der Waals surface area (Å²) in [4.78, 5) is 2.52. The van der Waals surface area contributed by atoms with E-state index in [4.69, 9.17) is 0 Å². The number of fused-ring (bicyclic) bond motifs is 8. The quantitative estimate of drug-likeness (QED) is 0.155. The van der Waals surface area contributed by atoms with E-state index in [-0.39, 0.29) is 5.41 Å². The summed E-state index contributed by atoms with van der Waals surface area (Å²) >= 11 is 0. The lowest BCUT2D eigenvalue weighted by molar-refractivity contribution is 0.353. The van der Waals surface area contributed by atoms with E-state index in [1.807, 2.05) is 0 Å². The second-order valence-electron chi connectivity index (χ2n) is 17.4. The summed E-state index contributed by atoms with van der Waals surface area (Å²) in [6.07, 6.45) is 6.30. The highest BCUT2D eigenvalue weighted by atomic mass is 15.1. The molecule has 1 saturated carbocycles. The molecule has 0 amide bonds. The van der Waals surface area contributed by atoms with Crippen molar-refractivity contribution in [3.05, 3.63) is 258 Å². The van der Waals surface area contributed by atoms with Gasteiger partial charge in [0.05, 0.1) is 11.1 Å². The van der Waals surface area contributed by atoms with Crippen molar-refractivity contribution in [2.24, 2.45) is 0 Å². The van der Waals surface area contributed by atoms with Crippen molar-refractivity contribution in [3.63, 3.8) is 0 Å². The van der Waals surface area contributed by atoms with Gasteiger partial charge in [-0.25, -0.2) is 0 Å². The molecule has 1 fully saturated rings. The molecular weight excluding hydrogens is 747 g/mol. The van der Waals surface area contributed by atoms with Gasteiger partial charge in [-0.05, 0) is 115 Å². The molecule has 0 bridgehead atoms. The van der Waals surface area contributed by atoms with E-state index in [9.17, 15) is 0 Å². The molecule has 0 aromatic heterocycles. The number of rotatable bonds is 7. The lowest BCUT2D eigenvalue weighted by atomic mass is 9.67. The predicted octanol–water partition coefficient (Wildman–Crippen LogP) is 16.1. The van der Waals surface area contributed by atoms with Crippen molar-refractivity contribution >= 4 is 17.1 Å². The van der Waals surface area contributed by atoms with Crippen LogP contribution in [0.2, 0.25) is 0 Å². The zero-order valence-electron chi connectivity index (χ0n) is 34.8. The molecule has 296 valence electrons. The van der Waals surface area contributed by atoms with Gasteiger partial charge >= 0.3 is 0 Å². The molecule has 0 saturated heterocycles. The molecule has 0 atom stereocenters. The van der Waals surface area contributed by atoms with E-state index < -0.39 is 5.41 Å². The summed E-state index contributed by atoms with van der Waals surface area (Å²) in [6.45, 7) is 0. The van der Waals surface area contributed by atoms with Crippen LogP contribution in [-0.4, -0.2) is 0 Å². The van der Waals surface area contributed by atoms with Gasteiger partial charge < -0.3 is 4.90 Å². The Bertz CT molecular complexity index is 3040. The molecular formula is C61H47N. The van der Waals surface area contributed by atoms with Crippen molar-refractivity contribution < 1.29 is 0 Å². The normalized spacial score (nSPS) is 15.0. The highest BCUT2D eigenvalue weighted by Crippen LogP contribution is 2.60. The third-order valence-corrected chi connectivity index (χ3v) is 14.4. The van der Waals surface area contributed by atoms with Crippen LogP contribution in [0.1, 0.15) is 65.5 Å². The molecule has 1 nitrogen and oxygen atoms in total. The number of hydrogen-bond acceptors (Lipinski definition) is 1. The molecule has 3 aliphatic carbocycles. The minimum atomic E-state index is -0.509. The SMILES string of the molecule is c1ccc(-c2ccc(N(c3ccc4c(c3)C(c3ccccc3)(c3ccccc3)c3ccccc3-4)c3ccccc3-c3cccc4c3-c3ccccc3C43CCCCC3)cc2)cc1. The first-order chi connectivity index (χ1) is 30.8. The third-order valence-electron chi connectivity index (χ3n) is 14.4. The maximum atomic E-state index is 2.52. The summed E-state index contributed by atoms with van der Waals surface area (Å²) in [5, 5.41) is 0. The fourth-order valence-electron chi connectivity index (χ4n) is 11.8. The molecule has 0 unspecified atom stereocenters. The first kappa shape index (κ1) is 36.6. The maximum Gasteiger partial charge on any atom is 0.0714 e. The number of para-hydroxylation sites is 1. The van der Waals surface area contributed by atoms with E-state index in [2.05, 4.69) is 229 Å². The summed E-state index contributed by atoms with van der Waals surface area (Å²) in [5.74, 6) is 0. The molecule has 0 N–H and O–H groups in total. The van der Waals surface area contributed by atoms with E-state index >= 15 is 0 Å². The Kier molecular flexibility index (Phi) is 8.71. The summed E-state index contributed by atoms with van der Waals surface area (Å²) in [5.41, 5.74) is 21.5. The van der Waals surface area contributed by atoms with Crippen molar-refractivity contribution in [1.82, 2.24) is 0 Å². The third kappa shape index (κ3) is 5.47. The van der Waals surface area contributed by atoms with Crippen molar-refractivity contribution in [2.45, 2.75) is 42.9 Å². The van der Waals surface area contributed by atoms with Gasteiger partial charge in [0.1, 0.15) is 0 Å². The van der Waals surface area contributed by atoms with E-state index in [1.165, 1.54) is 110 Å². The molecule has 9 aromatic carbocycles. The zero-order chi connectivity index (χ0) is 41.1. The Hall–Kier alpha value is -7.22. The van der Waals surface area contributed by atoms with Crippen molar-refractivity contribution in [1.29, 1.82) is 0 Å².